The van der Waals surface area contributed by atoms with E-state index in [1.807, 2.05) is 0 Å². The zero-order chi connectivity index (χ0) is 36.3. The summed E-state index contributed by atoms with van der Waals surface area (Å²) in [5.41, 5.74) is 13.0. The van der Waals surface area contributed by atoms with Crippen LogP contribution in [0.2, 0.25) is 0 Å². The quantitative estimate of drug-likeness (QED) is 0.174. The van der Waals surface area contributed by atoms with E-state index in [0.717, 1.165) is 0 Å². The Bertz CT molecular complexity index is 3130. The predicted molar refractivity (Wildman–Crippen MR) is 231 cm³/mol. The Morgan fingerprint density at radius 1 is 0.407 bits per heavy atom. The van der Waals surface area contributed by atoms with Gasteiger partial charge in [0, 0.05) is 32.9 Å². The third-order valence-electron chi connectivity index (χ3n) is 12.7. The fourth-order valence-corrected chi connectivity index (χ4v) is 9.88. The first-order valence-electron chi connectivity index (χ1n) is 19.4. The molecule has 0 aliphatic heterocycles. The van der Waals surface area contributed by atoms with Crippen LogP contribution in [-0.4, -0.2) is 9.13 Å². The van der Waals surface area contributed by atoms with Gasteiger partial charge in [-0.3, -0.25) is 0 Å². The average Bonchev–Trinajstić information content (AvgIpc) is 3.73. The predicted octanol–water partition coefficient (Wildman–Crippen LogP) is 14.2. The summed E-state index contributed by atoms with van der Waals surface area (Å²) in [7, 11) is 0. The maximum absolute atomic E-state index is 2.60. The third kappa shape index (κ3) is 4.34. The van der Waals surface area contributed by atoms with Crippen LogP contribution in [0.5, 0.6) is 0 Å². The molecule has 0 fully saturated rings. The fourth-order valence-electron chi connectivity index (χ4n) is 9.88. The van der Waals surface area contributed by atoms with Crippen molar-refractivity contribution in [1.82, 2.24) is 9.13 Å². The summed E-state index contributed by atoms with van der Waals surface area (Å²) in [5.74, 6) is 0. The van der Waals surface area contributed by atoms with Crippen molar-refractivity contribution in [3.63, 3.8) is 0 Å². The second kappa shape index (κ2) is 11.2. The first-order chi connectivity index (χ1) is 26.3. The van der Waals surface area contributed by atoms with E-state index in [-0.39, 0.29) is 10.8 Å². The molecule has 10 aromatic rings. The van der Waals surface area contributed by atoms with Crippen LogP contribution >= 0.6 is 0 Å². The molecular formula is C52H42N2. The molecule has 0 unspecified atom stereocenters. The molecule has 0 saturated carbocycles. The average molecular weight is 695 g/mol. The number of hydrogen-bond acceptors (Lipinski definition) is 0. The number of para-hydroxylation sites is 2. The molecule has 2 aromatic heterocycles. The van der Waals surface area contributed by atoms with E-state index in [4.69, 9.17) is 0 Å². The molecule has 1 aliphatic rings. The van der Waals surface area contributed by atoms with Crippen molar-refractivity contribution in [3.05, 3.63) is 169 Å². The first kappa shape index (κ1) is 31.4. The number of hydrogen-bond donors (Lipinski definition) is 0. The SMILES string of the molecule is CC1(C)CCC(C)(C)c2cc3c(cc21)c1c2ccccc2c2c4ccccc4n(-c4ccccc4)c2c1n3-c1ccc(-c2cccc3ccccc23)cc1. The Labute approximate surface area is 315 Å². The number of rotatable bonds is 3. The highest BCUT2D eigenvalue weighted by Gasteiger charge is 2.38. The van der Waals surface area contributed by atoms with Crippen molar-refractivity contribution >= 4 is 65.2 Å². The lowest BCUT2D eigenvalue weighted by atomic mass is 9.63. The van der Waals surface area contributed by atoms with Gasteiger partial charge in [0.2, 0.25) is 0 Å². The van der Waals surface area contributed by atoms with E-state index < -0.39 is 0 Å². The summed E-state index contributed by atoms with van der Waals surface area (Å²) >= 11 is 0. The number of benzene rings is 8. The van der Waals surface area contributed by atoms with Crippen LogP contribution in [0.3, 0.4) is 0 Å². The van der Waals surface area contributed by atoms with E-state index >= 15 is 0 Å². The summed E-state index contributed by atoms with van der Waals surface area (Å²) in [5, 5.41) is 10.4. The lowest BCUT2D eigenvalue weighted by Gasteiger charge is -2.42. The molecule has 2 heterocycles. The minimum absolute atomic E-state index is 0.0783. The van der Waals surface area contributed by atoms with Crippen molar-refractivity contribution in [1.29, 1.82) is 0 Å². The van der Waals surface area contributed by atoms with Crippen LogP contribution in [0.15, 0.2) is 158 Å². The second-order valence-corrected chi connectivity index (χ2v) is 16.8. The van der Waals surface area contributed by atoms with Crippen LogP contribution in [0, 0.1) is 0 Å². The standard InChI is InChI=1S/C52H42N2/c1-51(2)29-30-52(3,4)44-32-46-42(31-43(44)51)48-40-21-11-10-20-39(40)47-41-22-12-13-24-45(41)53(35-17-6-5-7-18-35)49(47)50(48)54(46)36-27-25-34(26-28-36)38-23-14-16-33-15-8-9-19-37(33)38/h5-28,31-32H,29-30H2,1-4H3. The lowest BCUT2D eigenvalue weighted by molar-refractivity contribution is 0.332. The molecule has 11 rings (SSSR count). The number of fused-ring (bicyclic) bond motifs is 12. The van der Waals surface area contributed by atoms with Gasteiger partial charge in [0.1, 0.15) is 0 Å². The molecule has 0 N–H and O–H groups in total. The summed E-state index contributed by atoms with van der Waals surface area (Å²) in [6.07, 6.45) is 2.36. The first-order valence-corrected chi connectivity index (χ1v) is 19.4. The van der Waals surface area contributed by atoms with E-state index in [1.165, 1.54) is 112 Å². The van der Waals surface area contributed by atoms with E-state index in [9.17, 15) is 0 Å². The zero-order valence-corrected chi connectivity index (χ0v) is 31.3. The molecule has 2 nitrogen and oxygen atoms in total. The van der Waals surface area contributed by atoms with Crippen molar-refractivity contribution < 1.29 is 0 Å². The van der Waals surface area contributed by atoms with Crippen LogP contribution in [0.1, 0.15) is 51.7 Å². The maximum Gasteiger partial charge on any atom is 0.0795 e. The lowest BCUT2D eigenvalue weighted by Crippen LogP contribution is -2.33. The van der Waals surface area contributed by atoms with Gasteiger partial charge >= 0.3 is 0 Å². The molecule has 0 bridgehead atoms. The molecule has 0 spiro atoms. The molecular weight excluding hydrogens is 653 g/mol. The van der Waals surface area contributed by atoms with Gasteiger partial charge < -0.3 is 9.13 Å². The summed E-state index contributed by atoms with van der Waals surface area (Å²) in [4.78, 5) is 0. The van der Waals surface area contributed by atoms with E-state index in [0.29, 0.717) is 0 Å². The van der Waals surface area contributed by atoms with Crippen LogP contribution in [0.4, 0.5) is 0 Å². The van der Waals surface area contributed by atoms with E-state index in [2.05, 4.69) is 195 Å². The van der Waals surface area contributed by atoms with Gasteiger partial charge in [0.05, 0.1) is 22.1 Å². The summed E-state index contributed by atoms with van der Waals surface area (Å²) < 4.78 is 5.12. The Morgan fingerprint density at radius 2 is 0.926 bits per heavy atom. The minimum Gasteiger partial charge on any atom is -0.307 e. The summed E-state index contributed by atoms with van der Waals surface area (Å²) in [6.45, 7) is 9.78. The van der Waals surface area contributed by atoms with Crippen LogP contribution in [0.25, 0.3) is 87.7 Å². The molecule has 0 saturated heterocycles. The van der Waals surface area contributed by atoms with Crippen molar-refractivity contribution in [2.24, 2.45) is 0 Å². The van der Waals surface area contributed by atoms with Gasteiger partial charge in [0.15, 0.2) is 0 Å². The molecule has 0 atom stereocenters. The highest BCUT2D eigenvalue weighted by molar-refractivity contribution is 6.36. The van der Waals surface area contributed by atoms with Crippen LogP contribution < -0.4 is 0 Å². The smallest absolute Gasteiger partial charge is 0.0795 e. The number of nitrogens with zero attached hydrogens (tertiary/aromatic N) is 2. The molecule has 0 amide bonds. The topological polar surface area (TPSA) is 9.86 Å². The highest BCUT2D eigenvalue weighted by atomic mass is 15.0. The normalized spacial score (nSPS) is 15.2. The minimum atomic E-state index is 0.0783. The van der Waals surface area contributed by atoms with Gasteiger partial charge in [-0.15, -0.1) is 0 Å². The largest absolute Gasteiger partial charge is 0.307 e. The number of aromatic nitrogens is 2. The Morgan fingerprint density at radius 3 is 1.63 bits per heavy atom. The molecule has 260 valence electrons. The zero-order valence-electron chi connectivity index (χ0n) is 31.3. The van der Waals surface area contributed by atoms with E-state index in [1.54, 1.807) is 0 Å². The third-order valence-corrected chi connectivity index (χ3v) is 12.7. The monoisotopic (exact) mass is 694 g/mol. The van der Waals surface area contributed by atoms with Crippen molar-refractivity contribution in [2.45, 2.75) is 51.4 Å². The Balaban J connectivity index is 1.35. The Kier molecular flexibility index (Phi) is 6.51. The van der Waals surface area contributed by atoms with Gasteiger partial charge in [-0.2, -0.15) is 0 Å². The molecule has 2 heteroatoms. The van der Waals surface area contributed by atoms with Crippen molar-refractivity contribution in [2.75, 3.05) is 0 Å². The Hall–Kier alpha value is -6.12. The fraction of sp³-hybridized carbons (Fsp3) is 0.154. The maximum atomic E-state index is 2.60. The van der Waals surface area contributed by atoms with Gasteiger partial charge in [0.25, 0.3) is 0 Å². The second-order valence-electron chi connectivity index (χ2n) is 16.8. The van der Waals surface area contributed by atoms with Gasteiger partial charge in [-0.05, 0) is 110 Å². The molecule has 1 aliphatic carbocycles. The molecule has 8 aromatic carbocycles. The van der Waals surface area contributed by atoms with Crippen LogP contribution in [-0.2, 0) is 10.8 Å². The van der Waals surface area contributed by atoms with Gasteiger partial charge in [-0.25, -0.2) is 0 Å². The summed E-state index contributed by atoms with van der Waals surface area (Å²) in [6, 6.07) is 58.9. The van der Waals surface area contributed by atoms with Gasteiger partial charge in [-0.1, -0.05) is 143 Å². The van der Waals surface area contributed by atoms with Crippen molar-refractivity contribution in [3.8, 4) is 22.5 Å². The molecule has 0 radical (unpaired) electrons. The molecule has 54 heavy (non-hydrogen) atoms. The highest BCUT2D eigenvalue weighted by Crippen LogP contribution is 2.51.